The Hall–Kier alpha value is -10.5. The lowest BCUT2D eigenvalue weighted by Gasteiger charge is -2.28. The second-order valence-electron chi connectivity index (χ2n) is 22.3. The van der Waals surface area contributed by atoms with E-state index in [4.69, 9.17) is 34.8 Å². The summed E-state index contributed by atoms with van der Waals surface area (Å²) in [7, 11) is 1.46. The van der Waals surface area contributed by atoms with Crippen molar-refractivity contribution in [2.75, 3.05) is 64.5 Å². The number of carbonyl (C=O) groups excluding carboxylic acids is 2. The van der Waals surface area contributed by atoms with Crippen molar-refractivity contribution in [2.45, 2.75) is 12.8 Å². The van der Waals surface area contributed by atoms with E-state index in [9.17, 15) is 31.2 Å². The molecule has 3 amide bonds. The van der Waals surface area contributed by atoms with E-state index < -0.39 is 27.7 Å². The van der Waals surface area contributed by atoms with Gasteiger partial charge in [-0.05, 0) is 142 Å². The van der Waals surface area contributed by atoms with Gasteiger partial charge in [0, 0.05) is 86.5 Å². The van der Waals surface area contributed by atoms with Crippen molar-refractivity contribution in [3.05, 3.63) is 233 Å². The molecule has 6 aromatic carbocycles. The molecule has 0 atom stereocenters. The van der Waals surface area contributed by atoms with Crippen LogP contribution in [0, 0.1) is 23.4 Å². The molecule has 0 unspecified atom stereocenters. The van der Waals surface area contributed by atoms with Gasteiger partial charge in [-0.25, -0.2) is 37.2 Å². The molecule has 25 heteroatoms. The minimum absolute atomic E-state index is 0.00424. The van der Waals surface area contributed by atoms with Crippen LogP contribution in [0.2, 0.25) is 15.1 Å². The number of hydrogen-bond donors (Lipinski definition) is 5. The Balaban J connectivity index is 0.000000137. The van der Waals surface area contributed by atoms with E-state index in [2.05, 4.69) is 67.8 Å². The fourth-order valence-corrected chi connectivity index (χ4v) is 12.7. The lowest BCUT2D eigenvalue weighted by molar-refractivity contribution is -0.121. The topological polar surface area (TPSA) is 215 Å². The minimum atomic E-state index is -3.91. The molecular formula is C70H56Cl3F3N14O4S. The number of piperidine rings is 1. The van der Waals surface area contributed by atoms with Crippen molar-refractivity contribution >= 4 is 141 Å². The molecule has 2 aliphatic heterocycles. The lowest BCUT2D eigenvalue weighted by atomic mass is 9.96. The summed E-state index contributed by atoms with van der Waals surface area (Å²) < 4.78 is 73.1. The van der Waals surface area contributed by atoms with Gasteiger partial charge in [-0.1, -0.05) is 89.4 Å². The van der Waals surface area contributed by atoms with Gasteiger partial charge < -0.3 is 31.1 Å². The Morgan fingerprint density at radius 1 is 0.516 bits per heavy atom. The van der Waals surface area contributed by atoms with Gasteiger partial charge in [0.15, 0.2) is 0 Å². The number of hydrogen-bond acceptors (Lipinski definition) is 13. The van der Waals surface area contributed by atoms with E-state index in [0.29, 0.717) is 105 Å². The van der Waals surface area contributed by atoms with E-state index in [1.54, 1.807) is 112 Å². The van der Waals surface area contributed by atoms with Crippen LogP contribution in [0.5, 0.6) is 0 Å². The van der Waals surface area contributed by atoms with Crippen LogP contribution in [0.4, 0.5) is 69.2 Å². The van der Waals surface area contributed by atoms with Crippen LogP contribution in [0.15, 0.2) is 201 Å². The Morgan fingerprint density at radius 3 is 1.44 bits per heavy atom. The number of anilines is 9. The molecule has 95 heavy (non-hydrogen) atoms. The zero-order chi connectivity index (χ0) is 66.5. The van der Waals surface area contributed by atoms with Crippen LogP contribution in [-0.4, -0.2) is 94.3 Å². The summed E-state index contributed by atoms with van der Waals surface area (Å²) in [5.41, 5.74) is 8.89. The molecule has 0 radical (unpaired) electrons. The van der Waals surface area contributed by atoms with Crippen LogP contribution >= 0.6 is 34.8 Å². The van der Waals surface area contributed by atoms with E-state index in [0.717, 1.165) is 42.4 Å². The van der Waals surface area contributed by atoms with Gasteiger partial charge in [-0.2, -0.15) is 8.42 Å². The number of para-hydroxylation sites is 3. The number of fused-ring (bicyclic) bond motifs is 4. The summed E-state index contributed by atoms with van der Waals surface area (Å²) in [4.78, 5) is 54.8. The Morgan fingerprint density at radius 2 is 0.947 bits per heavy atom. The summed E-state index contributed by atoms with van der Waals surface area (Å²) in [5, 5.41) is 16.1. The third-order valence-corrected chi connectivity index (χ3v) is 17.7. The molecule has 0 saturated carbocycles. The summed E-state index contributed by atoms with van der Waals surface area (Å²) >= 11 is 18.3. The van der Waals surface area contributed by atoms with Crippen molar-refractivity contribution < 1.29 is 31.2 Å². The summed E-state index contributed by atoms with van der Waals surface area (Å²) in [6.07, 6.45) is 11.1. The summed E-state index contributed by atoms with van der Waals surface area (Å²) in [6.45, 7) is 1.81. The highest BCUT2D eigenvalue weighted by Crippen LogP contribution is 2.45. The zero-order valence-corrected chi connectivity index (χ0v) is 53.9. The van der Waals surface area contributed by atoms with E-state index in [1.165, 1.54) is 64.1 Å². The smallest absolute Gasteiger partial charge is 0.328 e. The maximum Gasteiger partial charge on any atom is 0.328 e. The number of nitrogens with one attached hydrogen (secondary N) is 5. The normalized spacial score (nSPS) is 13.4. The van der Waals surface area contributed by atoms with Gasteiger partial charge in [0.05, 0.1) is 103 Å². The van der Waals surface area contributed by atoms with Crippen LogP contribution in [0.25, 0.3) is 66.5 Å². The standard InChI is InChI=1S/C27H25ClFN5O.C23H19ClFN5O.C20H12ClFN4O2S/c1-34-12-9-17(10-13-34)27(35)33-26-16-30-11-8-23(26)32-24-15-25(20-14-18(28)6-7-21(20)29)31-22-5-3-2-4-19(22)24;1-30(2)23(31)29-22-13-26-10-9-19(22)28-20-12-21(16-11-14(24)7-8-17(16)25)27-18-6-4-3-5-15(18)20;21-12-5-6-15(22)14(9-12)17-10-20(13-3-1-2-4-16(13)24-17)26-19-7-8-23-11-18(19)25-29(26,27)28/h2-8,11,14-17H,9-10,12-13H2,1H3,(H,33,35)(H,30,31,32);3-13H,1-2H3,(H,29,31)(H,26,27,28);1-11,25H. The van der Waals surface area contributed by atoms with E-state index in [-0.39, 0.29) is 29.1 Å². The maximum absolute atomic E-state index is 14.6. The lowest BCUT2D eigenvalue weighted by Crippen LogP contribution is -2.36. The molecular weight excluding hydrogens is 1300 g/mol. The third kappa shape index (κ3) is 14.5. The van der Waals surface area contributed by atoms with E-state index in [1.807, 2.05) is 48.5 Å². The molecule has 478 valence electrons. The van der Waals surface area contributed by atoms with Crippen molar-refractivity contribution in [2.24, 2.45) is 5.92 Å². The highest BCUT2D eigenvalue weighted by molar-refractivity contribution is 7.95. The summed E-state index contributed by atoms with van der Waals surface area (Å²) in [6, 6.07) is 45.2. The molecule has 0 spiro atoms. The highest BCUT2D eigenvalue weighted by Gasteiger charge is 2.36. The number of pyridine rings is 6. The van der Waals surface area contributed by atoms with Crippen molar-refractivity contribution in [3.8, 4) is 33.8 Å². The molecule has 12 aromatic rings. The molecule has 18 nitrogen and oxygen atoms in total. The number of halogens is 6. The maximum atomic E-state index is 14.6. The van der Waals surface area contributed by atoms with Gasteiger partial charge in [-0.3, -0.25) is 24.5 Å². The molecule has 1 saturated heterocycles. The second-order valence-corrected chi connectivity index (χ2v) is 25.1. The number of likely N-dealkylation sites (tertiary alicyclic amines) is 1. The number of aromatic nitrogens is 6. The quantitative estimate of drug-likeness (QED) is 0.0816. The Labute approximate surface area is 559 Å². The van der Waals surface area contributed by atoms with Crippen molar-refractivity contribution in [1.82, 2.24) is 39.7 Å². The Bertz CT molecular complexity index is 5050. The average Bonchev–Trinajstić information content (AvgIpc) is 1.80. The van der Waals surface area contributed by atoms with Crippen LogP contribution in [0.1, 0.15) is 12.8 Å². The van der Waals surface area contributed by atoms with Crippen molar-refractivity contribution in [1.29, 1.82) is 0 Å². The Kier molecular flexibility index (Phi) is 19.0. The van der Waals surface area contributed by atoms with E-state index >= 15 is 0 Å². The first-order valence-corrected chi connectivity index (χ1v) is 32.1. The molecule has 8 heterocycles. The largest absolute Gasteiger partial charge is 0.353 e. The summed E-state index contributed by atoms with van der Waals surface area (Å²) in [5.74, 6) is -1.36. The highest BCUT2D eigenvalue weighted by atomic mass is 35.5. The predicted molar refractivity (Wildman–Crippen MR) is 372 cm³/mol. The third-order valence-electron chi connectivity index (χ3n) is 15.6. The van der Waals surface area contributed by atoms with Gasteiger partial charge in [0.25, 0.3) is 0 Å². The minimum Gasteiger partial charge on any atom is -0.353 e. The molecule has 0 aliphatic carbocycles. The number of nitrogens with zero attached hydrogens (tertiary/aromatic N) is 9. The molecule has 5 N–H and O–H groups in total. The van der Waals surface area contributed by atoms with Crippen LogP contribution in [0.3, 0.4) is 0 Å². The SMILES string of the molecule is CN(C)C(=O)Nc1cnccc1Nc1cc(-c2cc(Cl)ccc2F)nc2ccccc12.CN1CCC(C(=O)Nc2cnccc2Nc2cc(-c3cc(Cl)ccc3F)nc3ccccc23)CC1.O=S1(=O)Nc2cnccc2N1c1cc(-c2cc(Cl)ccc2F)nc2ccccc12. The van der Waals surface area contributed by atoms with Gasteiger partial charge in [-0.15, -0.1) is 0 Å². The van der Waals surface area contributed by atoms with Gasteiger partial charge in [0.2, 0.25) is 5.91 Å². The van der Waals surface area contributed by atoms with Gasteiger partial charge in [0.1, 0.15) is 17.5 Å². The zero-order valence-electron chi connectivity index (χ0n) is 50.8. The molecule has 1 fully saturated rings. The first-order chi connectivity index (χ1) is 45.8. The number of urea groups is 1. The fourth-order valence-electron chi connectivity index (χ4n) is 10.8. The number of benzene rings is 6. The number of carbonyl (C=O) groups is 2. The molecule has 14 rings (SSSR count). The first kappa shape index (κ1) is 64.6. The van der Waals surface area contributed by atoms with Crippen LogP contribution < -0.4 is 30.3 Å². The average molecular weight is 1350 g/mol. The monoisotopic (exact) mass is 1350 g/mol. The number of rotatable bonds is 11. The number of amides is 3. The predicted octanol–water partition coefficient (Wildman–Crippen LogP) is 16.9. The molecule has 2 aliphatic rings. The molecule has 6 aromatic heterocycles. The fraction of sp³-hybridized carbons (Fsp3) is 0.114. The second kappa shape index (κ2) is 28.0. The van der Waals surface area contributed by atoms with Crippen molar-refractivity contribution in [3.63, 3.8) is 0 Å². The van der Waals surface area contributed by atoms with Crippen LogP contribution in [-0.2, 0) is 15.0 Å². The molecule has 0 bridgehead atoms. The first-order valence-electron chi connectivity index (χ1n) is 29.6. The van der Waals surface area contributed by atoms with Gasteiger partial charge >= 0.3 is 16.2 Å².